The lowest BCUT2D eigenvalue weighted by Crippen LogP contribution is -2.40. The molecule has 1 amide bonds. The van der Waals surface area contributed by atoms with Crippen molar-refractivity contribution in [2.24, 2.45) is 11.7 Å². The van der Waals surface area contributed by atoms with Crippen LogP contribution in [0.5, 0.6) is 11.5 Å². The molecule has 1 fully saturated rings. The monoisotopic (exact) mass is 417 g/mol. The maximum atomic E-state index is 12.6. The predicted molar refractivity (Wildman–Crippen MR) is 108 cm³/mol. The summed E-state index contributed by atoms with van der Waals surface area (Å²) in [6, 6.07) is 8.63. The number of halogens is 3. The molecule has 1 aliphatic heterocycles. The minimum atomic E-state index is 0. The van der Waals surface area contributed by atoms with E-state index in [9.17, 15) is 4.79 Å². The molecule has 0 atom stereocenters. The first-order valence-corrected chi connectivity index (χ1v) is 8.42. The summed E-state index contributed by atoms with van der Waals surface area (Å²) in [6.07, 6.45) is 5.20. The molecule has 8 heteroatoms. The SMILES string of the molecule is Cl.Cl.NCC1CCN(C(=O)c2ccc(Oc3ccncc3)c(Cl)c2)CC1. The van der Waals surface area contributed by atoms with Crippen LogP contribution in [0.3, 0.4) is 0 Å². The fourth-order valence-corrected chi connectivity index (χ4v) is 3.02. The molecule has 0 aliphatic carbocycles. The van der Waals surface area contributed by atoms with Crippen molar-refractivity contribution < 1.29 is 9.53 Å². The average molecular weight is 419 g/mol. The Bertz CT molecular complexity index is 708. The molecule has 2 aromatic rings. The summed E-state index contributed by atoms with van der Waals surface area (Å²) in [6.45, 7) is 2.18. The Balaban J connectivity index is 0.00000169. The van der Waals surface area contributed by atoms with Crippen molar-refractivity contribution in [1.82, 2.24) is 9.88 Å². The average Bonchev–Trinajstić information content (AvgIpc) is 2.64. The number of pyridine rings is 1. The first kappa shape index (κ1) is 22.5. The van der Waals surface area contributed by atoms with Crippen molar-refractivity contribution in [3.05, 3.63) is 53.3 Å². The van der Waals surface area contributed by atoms with Crippen LogP contribution in [-0.4, -0.2) is 35.4 Å². The van der Waals surface area contributed by atoms with E-state index >= 15 is 0 Å². The van der Waals surface area contributed by atoms with Crippen LogP contribution in [-0.2, 0) is 0 Å². The molecule has 1 aromatic heterocycles. The van der Waals surface area contributed by atoms with Crippen molar-refractivity contribution in [3.8, 4) is 11.5 Å². The topological polar surface area (TPSA) is 68.5 Å². The minimum absolute atomic E-state index is 0. The summed E-state index contributed by atoms with van der Waals surface area (Å²) in [5.74, 6) is 1.69. The second kappa shape index (κ2) is 10.6. The van der Waals surface area contributed by atoms with Crippen LogP contribution in [0.25, 0.3) is 0 Å². The van der Waals surface area contributed by atoms with Gasteiger partial charge in [-0.15, -0.1) is 24.8 Å². The molecular weight excluding hydrogens is 397 g/mol. The van der Waals surface area contributed by atoms with Gasteiger partial charge in [0.05, 0.1) is 5.02 Å². The van der Waals surface area contributed by atoms with Gasteiger partial charge in [-0.1, -0.05) is 11.6 Å². The first-order valence-electron chi connectivity index (χ1n) is 8.04. The van der Waals surface area contributed by atoms with Crippen LogP contribution in [0.15, 0.2) is 42.7 Å². The molecule has 0 spiro atoms. The highest BCUT2D eigenvalue weighted by Crippen LogP contribution is 2.30. The Morgan fingerprint density at radius 2 is 1.85 bits per heavy atom. The minimum Gasteiger partial charge on any atom is -0.456 e. The number of carbonyl (C=O) groups is 1. The predicted octanol–water partition coefficient (Wildman–Crippen LogP) is 4.18. The molecule has 5 nitrogen and oxygen atoms in total. The smallest absolute Gasteiger partial charge is 0.253 e. The maximum absolute atomic E-state index is 12.6. The number of nitrogens with two attached hydrogens (primary N) is 1. The standard InChI is InChI=1S/C18H20ClN3O2.2ClH/c19-16-11-14(18(23)22-9-5-13(12-20)6-10-22)1-2-17(16)24-15-3-7-21-8-4-15;;/h1-4,7-8,11,13H,5-6,9-10,12,20H2;2*1H. The third-order valence-electron chi connectivity index (χ3n) is 4.29. The Morgan fingerprint density at radius 3 is 2.42 bits per heavy atom. The molecule has 2 heterocycles. The number of nitrogens with zero attached hydrogens (tertiary/aromatic N) is 2. The van der Waals surface area contributed by atoms with Gasteiger partial charge in [0.1, 0.15) is 11.5 Å². The molecule has 0 radical (unpaired) electrons. The second-order valence-electron chi connectivity index (χ2n) is 5.90. The lowest BCUT2D eigenvalue weighted by atomic mass is 9.96. The summed E-state index contributed by atoms with van der Waals surface area (Å²) >= 11 is 6.28. The molecule has 0 unspecified atom stereocenters. The number of hydrogen-bond acceptors (Lipinski definition) is 4. The highest BCUT2D eigenvalue weighted by Gasteiger charge is 2.23. The molecule has 1 aromatic carbocycles. The molecule has 3 rings (SSSR count). The van der Waals surface area contributed by atoms with Gasteiger partial charge in [-0.25, -0.2) is 0 Å². The van der Waals surface area contributed by atoms with Crippen molar-refractivity contribution >= 4 is 42.3 Å². The number of rotatable bonds is 4. The van der Waals surface area contributed by atoms with Crippen molar-refractivity contribution in [1.29, 1.82) is 0 Å². The Morgan fingerprint density at radius 1 is 1.19 bits per heavy atom. The molecule has 26 heavy (non-hydrogen) atoms. The summed E-state index contributed by atoms with van der Waals surface area (Å²) < 4.78 is 5.71. The number of aromatic nitrogens is 1. The fraction of sp³-hybridized carbons (Fsp3) is 0.333. The Hall–Kier alpha value is -1.53. The van der Waals surface area contributed by atoms with Crippen LogP contribution in [0.1, 0.15) is 23.2 Å². The molecular formula is C18H22Cl3N3O2. The molecule has 1 saturated heterocycles. The Labute approximate surface area is 170 Å². The van der Waals surface area contributed by atoms with Gasteiger partial charge in [-0.05, 0) is 55.6 Å². The number of piperidine rings is 1. The van der Waals surface area contributed by atoms with Gasteiger partial charge in [-0.2, -0.15) is 0 Å². The van der Waals surface area contributed by atoms with Gasteiger partial charge < -0.3 is 15.4 Å². The lowest BCUT2D eigenvalue weighted by molar-refractivity contribution is 0.0693. The van der Waals surface area contributed by atoms with E-state index in [2.05, 4.69) is 4.98 Å². The first-order chi connectivity index (χ1) is 11.7. The van der Waals surface area contributed by atoms with E-state index in [-0.39, 0.29) is 30.7 Å². The summed E-state index contributed by atoms with van der Waals surface area (Å²) in [7, 11) is 0. The van der Waals surface area contributed by atoms with E-state index in [4.69, 9.17) is 22.1 Å². The number of benzene rings is 1. The summed E-state index contributed by atoms with van der Waals surface area (Å²) in [5.41, 5.74) is 6.27. The van der Waals surface area contributed by atoms with E-state index in [1.165, 1.54) is 0 Å². The van der Waals surface area contributed by atoms with Gasteiger partial charge >= 0.3 is 0 Å². The Kier molecular flexibility index (Phi) is 9.16. The maximum Gasteiger partial charge on any atom is 0.253 e. The molecule has 2 N–H and O–H groups in total. The van der Waals surface area contributed by atoms with Crippen LogP contribution in [0, 0.1) is 5.92 Å². The highest BCUT2D eigenvalue weighted by atomic mass is 35.5. The zero-order valence-corrected chi connectivity index (χ0v) is 16.5. The van der Waals surface area contributed by atoms with E-state index in [0.29, 0.717) is 34.5 Å². The number of hydrogen-bond donors (Lipinski definition) is 1. The van der Waals surface area contributed by atoms with Crippen molar-refractivity contribution in [2.75, 3.05) is 19.6 Å². The van der Waals surface area contributed by atoms with Crippen molar-refractivity contribution in [3.63, 3.8) is 0 Å². The molecule has 0 bridgehead atoms. The van der Waals surface area contributed by atoms with E-state index in [0.717, 1.165) is 25.9 Å². The van der Waals surface area contributed by atoms with Crippen LogP contribution < -0.4 is 10.5 Å². The van der Waals surface area contributed by atoms with Gasteiger partial charge in [0.2, 0.25) is 0 Å². The number of amides is 1. The van der Waals surface area contributed by atoms with Crippen molar-refractivity contribution in [2.45, 2.75) is 12.8 Å². The van der Waals surface area contributed by atoms with Gasteiger partial charge in [0, 0.05) is 31.0 Å². The van der Waals surface area contributed by atoms with E-state index in [1.807, 2.05) is 4.90 Å². The second-order valence-corrected chi connectivity index (χ2v) is 6.31. The molecule has 1 aliphatic rings. The van der Waals surface area contributed by atoms with Gasteiger partial charge in [0.15, 0.2) is 0 Å². The fourth-order valence-electron chi connectivity index (χ4n) is 2.80. The zero-order chi connectivity index (χ0) is 16.9. The molecule has 142 valence electrons. The number of ether oxygens (including phenoxy) is 1. The van der Waals surface area contributed by atoms with Crippen LogP contribution in [0.2, 0.25) is 5.02 Å². The lowest BCUT2D eigenvalue weighted by Gasteiger charge is -2.31. The third kappa shape index (κ3) is 5.48. The summed E-state index contributed by atoms with van der Waals surface area (Å²) in [4.78, 5) is 18.4. The quantitative estimate of drug-likeness (QED) is 0.808. The van der Waals surface area contributed by atoms with Crippen LogP contribution in [0.4, 0.5) is 0 Å². The number of likely N-dealkylation sites (tertiary alicyclic amines) is 1. The highest BCUT2D eigenvalue weighted by molar-refractivity contribution is 6.32. The van der Waals surface area contributed by atoms with E-state index in [1.54, 1.807) is 42.7 Å². The number of carbonyl (C=O) groups excluding carboxylic acids is 1. The van der Waals surface area contributed by atoms with Gasteiger partial charge in [0.25, 0.3) is 5.91 Å². The van der Waals surface area contributed by atoms with Gasteiger partial charge in [-0.3, -0.25) is 9.78 Å². The molecule has 0 saturated carbocycles. The zero-order valence-electron chi connectivity index (χ0n) is 14.1. The van der Waals surface area contributed by atoms with E-state index < -0.39 is 0 Å². The largest absolute Gasteiger partial charge is 0.456 e. The third-order valence-corrected chi connectivity index (χ3v) is 4.59. The van der Waals surface area contributed by atoms with Crippen LogP contribution >= 0.6 is 36.4 Å². The summed E-state index contributed by atoms with van der Waals surface area (Å²) in [5, 5.41) is 0.412. The normalized spacial score (nSPS) is 14.2.